The van der Waals surface area contributed by atoms with Crippen LogP contribution in [0.15, 0.2) is 0 Å². The molecule has 0 heterocycles. The number of carboxylic acids is 1. The van der Waals surface area contributed by atoms with Gasteiger partial charge in [-0.15, -0.1) is 0 Å². The predicted octanol–water partition coefficient (Wildman–Crippen LogP) is 2.54. The first-order valence-corrected chi connectivity index (χ1v) is 6.56. The molecule has 5 heteroatoms. The van der Waals surface area contributed by atoms with Gasteiger partial charge in [0.05, 0.1) is 0 Å². The monoisotopic (exact) mass is 257 g/mol. The van der Waals surface area contributed by atoms with E-state index >= 15 is 0 Å². The van der Waals surface area contributed by atoms with Crippen molar-refractivity contribution in [3.63, 3.8) is 0 Å². The Balaban J connectivity index is 2.38. The molecule has 0 aromatic heterocycles. The van der Waals surface area contributed by atoms with Crippen molar-refractivity contribution in [2.75, 3.05) is 0 Å². The summed E-state index contributed by atoms with van der Waals surface area (Å²) < 4.78 is 5.18. The zero-order valence-electron chi connectivity index (χ0n) is 11.4. The van der Waals surface area contributed by atoms with E-state index in [1.807, 2.05) is 6.92 Å². The maximum absolute atomic E-state index is 11.6. The van der Waals surface area contributed by atoms with Crippen LogP contribution in [-0.2, 0) is 9.53 Å². The molecule has 0 unspecified atom stereocenters. The van der Waals surface area contributed by atoms with Gasteiger partial charge >= 0.3 is 12.1 Å². The van der Waals surface area contributed by atoms with Gasteiger partial charge in [0.2, 0.25) is 0 Å². The van der Waals surface area contributed by atoms with E-state index in [0.29, 0.717) is 18.8 Å². The molecule has 1 rings (SSSR count). The average Bonchev–Trinajstić information content (AvgIpc) is 3.06. The Labute approximate surface area is 108 Å². The molecule has 1 saturated carbocycles. The van der Waals surface area contributed by atoms with Crippen LogP contribution in [0.25, 0.3) is 0 Å². The summed E-state index contributed by atoms with van der Waals surface area (Å²) in [6, 6.07) is -0.842. The highest BCUT2D eigenvalue weighted by Gasteiger charge is 2.28. The molecular formula is C13H23NO4. The summed E-state index contributed by atoms with van der Waals surface area (Å²) in [7, 11) is 0. The molecule has 5 nitrogen and oxygen atoms in total. The van der Waals surface area contributed by atoms with Crippen molar-refractivity contribution in [3.8, 4) is 0 Å². The lowest BCUT2D eigenvalue weighted by Gasteiger charge is -2.24. The van der Waals surface area contributed by atoms with Gasteiger partial charge in [-0.3, -0.25) is 0 Å². The number of aliphatic carboxylic acids is 1. The zero-order chi connectivity index (χ0) is 13.8. The van der Waals surface area contributed by atoms with Gasteiger partial charge in [0, 0.05) is 0 Å². The summed E-state index contributed by atoms with van der Waals surface area (Å²) in [4.78, 5) is 22.6. The van der Waals surface area contributed by atoms with E-state index in [1.54, 1.807) is 13.8 Å². The minimum Gasteiger partial charge on any atom is -0.480 e. The lowest BCUT2D eigenvalue weighted by atomic mass is 10.1. The lowest BCUT2D eigenvalue weighted by molar-refractivity contribution is -0.139. The highest BCUT2D eigenvalue weighted by molar-refractivity contribution is 5.79. The van der Waals surface area contributed by atoms with Crippen LogP contribution >= 0.6 is 0 Å². The molecule has 0 aromatic rings. The molecule has 0 spiro atoms. The molecule has 1 fully saturated rings. The molecule has 1 aliphatic carbocycles. The summed E-state index contributed by atoms with van der Waals surface area (Å²) in [5.41, 5.74) is -0.566. The molecule has 0 bridgehead atoms. The van der Waals surface area contributed by atoms with E-state index < -0.39 is 23.7 Å². The number of carboxylic acid groups (broad SMARTS) is 1. The Morgan fingerprint density at radius 1 is 1.44 bits per heavy atom. The number of alkyl carbamates (subject to hydrolysis) is 1. The Morgan fingerprint density at radius 2 is 2.06 bits per heavy atom. The number of ether oxygens (including phenoxy) is 1. The second-order valence-electron chi connectivity index (χ2n) is 5.56. The Morgan fingerprint density at radius 3 is 2.50 bits per heavy atom. The minimum absolute atomic E-state index is 0.474. The smallest absolute Gasteiger partial charge is 0.408 e. The van der Waals surface area contributed by atoms with Crippen LogP contribution in [0.2, 0.25) is 0 Å². The molecule has 0 aromatic carbocycles. The molecule has 2 N–H and O–H groups in total. The van der Waals surface area contributed by atoms with E-state index in [0.717, 1.165) is 6.42 Å². The van der Waals surface area contributed by atoms with Gasteiger partial charge in [-0.1, -0.05) is 19.8 Å². The maximum Gasteiger partial charge on any atom is 0.408 e. The van der Waals surface area contributed by atoms with Crippen molar-refractivity contribution in [2.24, 2.45) is 5.92 Å². The number of hydrogen-bond donors (Lipinski definition) is 2. The minimum atomic E-state index is -0.998. The summed E-state index contributed by atoms with van der Waals surface area (Å²) in [6.45, 7) is 5.51. The lowest BCUT2D eigenvalue weighted by Crippen LogP contribution is -2.44. The normalized spacial score (nSPS) is 17.1. The SMILES string of the molecule is CCC(C)(C)OC(=O)N[C@@H](CCC1CC1)C(=O)O. The Bertz CT molecular complexity index is 310. The number of hydrogen-bond acceptors (Lipinski definition) is 3. The summed E-state index contributed by atoms with van der Waals surface area (Å²) in [5, 5.41) is 11.5. The van der Waals surface area contributed by atoms with Crippen molar-refractivity contribution in [1.82, 2.24) is 5.32 Å². The number of carbonyl (C=O) groups is 2. The number of carbonyl (C=O) groups excluding carboxylic acids is 1. The van der Waals surface area contributed by atoms with Gasteiger partial charge in [-0.2, -0.15) is 0 Å². The Kier molecular flexibility index (Phi) is 4.99. The van der Waals surface area contributed by atoms with Gasteiger partial charge in [0.15, 0.2) is 0 Å². The van der Waals surface area contributed by atoms with Gasteiger partial charge in [0.25, 0.3) is 0 Å². The first kappa shape index (κ1) is 14.8. The predicted molar refractivity (Wildman–Crippen MR) is 67.4 cm³/mol. The molecule has 0 saturated heterocycles. The van der Waals surface area contributed by atoms with Crippen molar-refractivity contribution in [1.29, 1.82) is 0 Å². The van der Waals surface area contributed by atoms with Crippen molar-refractivity contribution < 1.29 is 19.4 Å². The highest BCUT2D eigenvalue weighted by atomic mass is 16.6. The molecule has 0 radical (unpaired) electrons. The zero-order valence-corrected chi connectivity index (χ0v) is 11.4. The van der Waals surface area contributed by atoms with Crippen LogP contribution in [0.3, 0.4) is 0 Å². The van der Waals surface area contributed by atoms with Gasteiger partial charge in [0.1, 0.15) is 11.6 Å². The highest BCUT2D eigenvalue weighted by Crippen LogP contribution is 2.33. The van der Waals surface area contributed by atoms with Crippen molar-refractivity contribution in [2.45, 2.75) is 64.5 Å². The average molecular weight is 257 g/mol. The van der Waals surface area contributed by atoms with Crippen LogP contribution < -0.4 is 5.32 Å². The van der Waals surface area contributed by atoms with Crippen molar-refractivity contribution >= 4 is 12.1 Å². The third-order valence-electron chi connectivity index (χ3n) is 3.37. The summed E-state index contributed by atoms with van der Waals surface area (Å²) in [5.74, 6) is -0.348. The second-order valence-corrected chi connectivity index (χ2v) is 5.56. The van der Waals surface area contributed by atoms with E-state index in [4.69, 9.17) is 9.84 Å². The third kappa shape index (κ3) is 5.38. The topological polar surface area (TPSA) is 75.6 Å². The molecule has 0 aliphatic heterocycles. The second kappa shape index (κ2) is 6.07. The fraction of sp³-hybridized carbons (Fsp3) is 0.846. The molecule has 104 valence electrons. The fourth-order valence-electron chi connectivity index (χ4n) is 1.56. The van der Waals surface area contributed by atoms with Crippen molar-refractivity contribution in [3.05, 3.63) is 0 Å². The molecule has 18 heavy (non-hydrogen) atoms. The van der Waals surface area contributed by atoms with E-state index in [-0.39, 0.29) is 0 Å². The quantitative estimate of drug-likeness (QED) is 0.735. The molecule has 1 atom stereocenters. The van der Waals surface area contributed by atoms with Gasteiger partial charge in [-0.05, 0) is 39.0 Å². The number of nitrogens with one attached hydrogen (secondary N) is 1. The summed E-state index contributed by atoms with van der Waals surface area (Å²) in [6.07, 6.45) is 3.72. The molecular weight excluding hydrogens is 234 g/mol. The number of amides is 1. The first-order chi connectivity index (χ1) is 8.34. The van der Waals surface area contributed by atoms with Crippen LogP contribution in [0, 0.1) is 5.92 Å². The fourth-order valence-corrected chi connectivity index (χ4v) is 1.56. The maximum atomic E-state index is 11.6. The first-order valence-electron chi connectivity index (χ1n) is 6.56. The Hall–Kier alpha value is -1.26. The number of rotatable bonds is 7. The van der Waals surface area contributed by atoms with Crippen LogP contribution in [0.4, 0.5) is 4.79 Å². The van der Waals surface area contributed by atoms with E-state index in [2.05, 4.69) is 5.32 Å². The van der Waals surface area contributed by atoms with Crippen LogP contribution in [0.5, 0.6) is 0 Å². The van der Waals surface area contributed by atoms with Gasteiger partial charge < -0.3 is 15.2 Å². The van der Waals surface area contributed by atoms with E-state index in [9.17, 15) is 9.59 Å². The third-order valence-corrected chi connectivity index (χ3v) is 3.37. The van der Waals surface area contributed by atoms with E-state index in [1.165, 1.54) is 12.8 Å². The van der Waals surface area contributed by atoms with Crippen LogP contribution in [-0.4, -0.2) is 28.8 Å². The van der Waals surface area contributed by atoms with Crippen LogP contribution in [0.1, 0.15) is 52.9 Å². The molecule has 1 amide bonds. The summed E-state index contributed by atoms with van der Waals surface area (Å²) >= 11 is 0. The van der Waals surface area contributed by atoms with Gasteiger partial charge in [-0.25, -0.2) is 9.59 Å². The molecule has 1 aliphatic rings. The largest absolute Gasteiger partial charge is 0.480 e. The standard InChI is InChI=1S/C13H23NO4/c1-4-13(2,3)18-12(17)14-10(11(15)16)8-7-9-5-6-9/h9-10H,4-8H2,1-3H3,(H,14,17)(H,15,16)/t10-/m0/s1.